The number of Topliss-reactive ketones (excluding diaryl/α,β-unsaturated/α-hetero) is 1. The van der Waals surface area contributed by atoms with Crippen molar-refractivity contribution in [3.8, 4) is 0 Å². The topological polar surface area (TPSA) is 17.1 Å². The van der Waals surface area contributed by atoms with Crippen molar-refractivity contribution >= 4 is 17.4 Å². The van der Waals surface area contributed by atoms with Crippen LogP contribution in [0.3, 0.4) is 0 Å². The molecular formula is C4H5ClO. The van der Waals surface area contributed by atoms with E-state index in [1.54, 1.807) is 0 Å². The van der Waals surface area contributed by atoms with E-state index in [4.69, 9.17) is 11.6 Å². The average molecular weight is 105 g/mol. The SMILES string of the molecule is O=C1CC[C@H]1Cl. The molecule has 0 bridgehead atoms. The fourth-order valence-electron chi connectivity index (χ4n) is 0.371. The van der Waals surface area contributed by atoms with E-state index in [9.17, 15) is 4.79 Å². The van der Waals surface area contributed by atoms with Gasteiger partial charge in [0.05, 0.1) is 5.38 Å². The predicted octanol–water partition coefficient (Wildman–Crippen LogP) is 0.957. The highest BCUT2D eigenvalue weighted by Crippen LogP contribution is 2.19. The Bertz CT molecular complexity index is 79.6. The van der Waals surface area contributed by atoms with E-state index in [0.29, 0.717) is 6.42 Å². The van der Waals surface area contributed by atoms with Crippen molar-refractivity contribution < 1.29 is 4.79 Å². The molecule has 2 heteroatoms. The second-order valence-electron chi connectivity index (χ2n) is 1.47. The van der Waals surface area contributed by atoms with Crippen LogP contribution in [0.2, 0.25) is 0 Å². The van der Waals surface area contributed by atoms with E-state index in [1.807, 2.05) is 0 Å². The van der Waals surface area contributed by atoms with Crippen molar-refractivity contribution in [3.05, 3.63) is 0 Å². The van der Waals surface area contributed by atoms with E-state index >= 15 is 0 Å². The lowest BCUT2D eigenvalue weighted by Crippen LogP contribution is -2.25. The molecule has 0 radical (unpaired) electrons. The summed E-state index contributed by atoms with van der Waals surface area (Å²) in [5, 5.41) is -0.134. The number of carbonyl (C=O) groups is 1. The van der Waals surface area contributed by atoms with Crippen molar-refractivity contribution in [2.24, 2.45) is 0 Å². The summed E-state index contributed by atoms with van der Waals surface area (Å²) in [6.07, 6.45) is 1.59. The van der Waals surface area contributed by atoms with Gasteiger partial charge in [-0.2, -0.15) is 0 Å². The smallest absolute Gasteiger partial charge is 0.150 e. The molecule has 0 saturated heterocycles. The third-order valence-corrected chi connectivity index (χ3v) is 1.46. The van der Waals surface area contributed by atoms with Crippen molar-refractivity contribution in [2.45, 2.75) is 18.2 Å². The fraction of sp³-hybridized carbons (Fsp3) is 0.750. The first-order valence-electron chi connectivity index (χ1n) is 1.97. The summed E-state index contributed by atoms with van der Waals surface area (Å²) in [6.45, 7) is 0. The second-order valence-corrected chi connectivity index (χ2v) is 2.00. The fourth-order valence-corrected chi connectivity index (χ4v) is 0.590. The summed E-state index contributed by atoms with van der Waals surface area (Å²) in [6, 6.07) is 0. The van der Waals surface area contributed by atoms with Gasteiger partial charge in [0.25, 0.3) is 0 Å². The molecule has 1 aliphatic carbocycles. The van der Waals surface area contributed by atoms with Crippen LogP contribution in [0, 0.1) is 0 Å². The van der Waals surface area contributed by atoms with E-state index in [1.165, 1.54) is 0 Å². The van der Waals surface area contributed by atoms with Crippen molar-refractivity contribution in [1.29, 1.82) is 0 Å². The average Bonchev–Trinajstić information content (AvgIpc) is 1.61. The standard InChI is InChI=1S/C4H5ClO/c5-3-1-2-4(3)6/h3H,1-2H2/t3-/m1/s1. The number of alkyl halides is 1. The van der Waals surface area contributed by atoms with Gasteiger partial charge in [0.15, 0.2) is 5.78 Å². The third-order valence-electron chi connectivity index (χ3n) is 0.994. The third kappa shape index (κ3) is 0.432. The molecule has 0 aliphatic heterocycles. The van der Waals surface area contributed by atoms with Crippen LogP contribution >= 0.6 is 11.6 Å². The van der Waals surface area contributed by atoms with E-state index in [0.717, 1.165) is 6.42 Å². The van der Waals surface area contributed by atoms with Crippen molar-refractivity contribution in [2.75, 3.05) is 0 Å². The first kappa shape index (κ1) is 4.13. The molecule has 1 saturated carbocycles. The number of carbonyl (C=O) groups excluding carboxylic acids is 1. The van der Waals surface area contributed by atoms with Crippen LogP contribution in [0.4, 0.5) is 0 Å². The van der Waals surface area contributed by atoms with Crippen LogP contribution < -0.4 is 0 Å². The van der Waals surface area contributed by atoms with Crippen LogP contribution in [-0.2, 0) is 4.79 Å². The van der Waals surface area contributed by atoms with Crippen LogP contribution in [0.15, 0.2) is 0 Å². The predicted molar refractivity (Wildman–Crippen MR) is 23.9 cm³/mol. The second kappa shape index (κ2) is 1.23. The molecule has 0 spiro atoms. The van der Waals surface area contributed by atoms with Gasteiger partial charge in [-0.25, -0.2) is 0 Å². The van der Waals surface area contributed by atoms with Crippen LogP contribution in [-0.4, -0.2) is 11.2 Å². The summed E-state index contributed by atoms with van der Waals surface area (Å²) in [4.78, 5) is 10.1. The van der Waals surface area contributed by atoms with Gasteiger partial charge in [0.1, 0.15) is 0 Å². The van der Waals surface area contributed by atoms with Gasteiger partial charge in [-0.3, -0.25) is 4.79 Å². The Kier molecular flexibility index (Phi) is 0.845. The number of hydrogen-bond acceptors (Lipinski definition) is 1. The zero-order valence-corrected chi connectivity index (χ0v) is 4.03. The molecule has 1 atom stereocenters. The highest BCUT2D eigenvalue weighted by molar-refractivity contribution is 6.33. The zero-order valence-electron chi connectivity index (χ0n) is 3.28. The zero-order chi connectivity index (χ0) is 4.57. The number of hydrogen-bond donors (Lipinski definition) is 0. The van der Waals surface area contributed by atoms with Crippen LogP contribution in [0.5, 0.6) is 0 Å². The highest BCUT2D eigenvalue weighted by Gasteiger charge is 2.24. The summed E-state index contributed by atoms with van der Waals surface area (Å²) in [5.41, 5.74) is 0. The molecule has 1 nitrogen and oxygen atoms in total. The first-order chi connectivity index (χ1) is 2.80. The summed E-state index contributed by atoms with van der Waals surface area (Å²) in [5.74, 6) is 0.205. The molecule has 1 rings (SSSR count). The Morgan fingerprint density at radius 1 is 1.83 bits per heavy atom. The number of halogens is 1. The highest BCUT2D eigenvalue weighted by atomic mass is 35.5. The maximum atomic E-state index is 10.1. The summed E-state index contributed by atoms with van der Waals surface area (Å²) >= 11 is 5.35. The Hall–Kier alpha value is -0.0400. The molecule has 0 heterocycles. The Labute approximate surface area is 41.3 Å². The molecule has 1 fully saturated rings. The lowest BCUT2D eigenvalue weighted by atomic mass is 9.98. The number of ketones is 1. The maximum absolute atomic E-state index is 10.1. The van der Waals surface area contributed by atoms with Crippen molar-refractivity contribution in [3.63, 3.8) is 0 Å². The van der Waals surface area contributed by atoms with Gasteiger partial charge in [0.2, 0.25) is 0 Å². The Balaban J connectivity index is 2.39. The lowest BCUT2D eigenvalue weighted by Gasteiger charge is -2.14. The van der Waals surface area contributed by atoms with E-state index in [-0.39, 0.29) is 11.2 Å². The molecule has 0 unspecified atom stereocenters. The number of rotatable bonds is 0. The van der Waals surface area contributed by atoms with E-state index < -0.39 is 0 Å². The minimum absolute atomic E-state index is 0.134. The largest absolute Gasteiger partial charge is 0.298 e. The lowest BCUT2D eigenvalue weighted by molar-refractivity contribution is -0.123. The van der Waals surface area contributed by atoms with Gasteiger partial charge >= 0.3 is 0 Å². The Morgan fingerprint density at radius 2 is 2.33 bits per heavy atom. The Morgan fingerprint density at radius 3 is 2.33 bits per heavy atom. The van der Waals surface area contributed by atoms with Gasteiger partial charge in [-0.1, -0.05) is 0 Å². The normalized spacial score (nSPS) is 32.8. The van der Waals surface area contributed by atoms with Crippen LogP contribution in [0.1, 0.15) is 12.8 Å². The van der Waals surface area contributed by atoms with Gasteiger partial charge in [-0.05, 0) is 6.42 Å². The molecular weight excluding hydrogens is 99.5 g/mol. The van der Waals surface area contributed by atoms with E-state index in [2.05, 4.69) is 0 Å². The molecule has 0 aromatic carbocycles. The summed E-state index contributed by atoms with van der Waals surface area (Å²) < 4.78 is 0. The molecule has 0 aromatic heterocycles. The maximum Gasteiger partial charge on any atom is 0.150 e. The molecule has 0 N–H and O–H groups in total. The minimum atomic E-state index is -0.134. The minimum Gasteiger partial charge on any atom is -0.298 e. The molecule has 0 aromatic rings. The molecule has 0 amide bonds. The quantitative estimate of drug-likeness (QED) is 0.419. The van der Waals surface area contributed by atoms with Gasteiger partial charge < -0.3 is 0 Å². The molecule has 34 valence electrons. The van der Waals surface area contributed by atoms with Crippen molar-refractivity contribution in [1.82, 2.24) is 0 Å². The van der Waals surface area contributed by atoms with Crippen LogP contribution in [0.25, 0.3) is 0 Å². The first-order valence-corrected chi connectivity index (χ1v) is 2.41. The summed E-state index contributed by atoms with van der Waals surface area (Å²) in [7, 11) is 0. The van der Waals surface area contributed by atoms with Gasteiger partial charge in [-0.15, -0.1) is 11.6 Å². The monoisotopic (exact) mass is 104 g/mol. The molecule has 1 aliphatic rings. The molecule has 6 heavy (non-hydrogen) atoms. The van der Waals surface area contributed by atoms with Gasteiger partial charge in [0, 0.05) is 6.42 Å².